The Labute approximate surface area is 213 Å². The molecule has 1 aliphatic heterocycles. The first-order chi connectivity index (χ1) is 17.1. The summed E-state index contributed by atoms with van der Waals surface area (Å²) in [7, 11) is 3.72. The summed E-state index contributed by atoms with van der Waals surface area (Å²) in [4.78, 5) is 35.3. The van der Waals surface area contributed by atoms with Gasteiger partial charge < -0.3 is 20.2 Å². The van der Waals surface area contributed by atoms with E-state index in [0.717, 1.165) is 17.4 Å². The van der Waals surface area contributed by atoms with Crippen molar-refractivity contribution in [2.75, 3.05) is 33.7 Å². The van der Waals surface area contributed by atoms with Gasteiger partial charge in [0.25, 0.3) is 0 Å². The first kappa shape index (κ1) is 30.7. The first-order valence-electron chi connectivity index (χ1n) is 11.8. The third-order valence-corrected chi connectivity index (χ3v) is 5.55. The molecule has 1 heterocycles. The fraction of sp³-hybridized carbons (Fsp3) is 0.444. The lowest BCUT2D eigenvalue weighted by molar-refractivity contribution is -0.112. The molecule has 0 aromatic carbocycles. The Bertz CT molecular complexity index is 947. The predicted molar refractivity (Wildman–Crippen MR) is 141 cm³/mol. The summed E-state index contributed by atoms with van der Waals surface area (Å²) in [6.07, 6.45) is 15.4. The minimum atomic E-state index is -0.488. The zero-order valence-corrected chi connectivity index (χ0v) is 22.1. The molecule has 0 spiro atoms. The van der Waals surface area contributed by atoms with Gasteiger partial charge in [-0.15, -0.1) is 0 Å². The lowest BCUT2D eigenvalue weighted by atomic mass is 10.1. The Hall–Kier alpha value is -3.30. The highest BCUT2D eigenvalue weighted by Gasteiger charge is 2.32. The molecule has 2 aliphatic rings. The molecule has 1 saturated heterocycles. The molecule has 0 saturated carbocycles. The topological polar surface area (TPSA) is 91.0 Å². The van der Waals surface area contributed by atoms with Gasteiger partial charge in [0.05, 0.1) is 12.2 Å². The van der Waals surface area contributed by atoms with Gasteiger partial charge in [0.2, 0.25) is 6.41 Å². The minimum absolute atomic E-state index is 0.272. The standard InChI is InChI=1S/C25H35FN4O3.C2H4O/c1-6-8-22(30-17-23(15-27-4)33-24(30)32)14-21(26)13-19-9-7-10-20(12-11-19)16-29(5)25(2,3)28-18-31;1-2-3/h6-8,10-14,18,23,27H,9,15-17H2,1-5H3,(H,28,31);2H,1H3/b8-6-,21-13-,22-14+;. The molecule has 2 N–H and O–H groups in total. The van der Waals surface area contributed by atoms with Crippen LogP contribution in [0.1, 0.15) is 34.1 Å². The molecule has 9 heteroatoms. The molecule has 2 amide bonds. The van der Waals surface area contributed by atoms with Crippen LogP contribution in [0.4, 0.5) is 9.18 Å². The first-order valence-corrected chi connectivity index (χ1v) is 11.8. The van der Waals surface area contributed by atoms with Gasteiger partial charge in [0.1, 0.15) is 18.2 Å². The number of ether oxygens (including phenoxy) is 1. The van der Waals surface area contributed by atoms with Crippen molar-refractivity contribution in [1.82, 2.24) is 20.4 Å². The number of aldehydes is 1. The average molecular weight is 503 g/mol. The SMILES string of the molecule is CC=O.C\C=C/C(=C\C(F)=C\C1=CC=C(CN(C)C(C)(C)NC=O)C=CC1)N1CC(CNC)OC1=O. The number of nitrogens with one attached hydrogen (secondary N) is 2. The summed E-state index contributed by atoms with van der Waals surface area (Å²) in [6, 6.07) is 0. The summed E-state index contributed by atoms with van der Waals surface area (Å²) in [5, 5.41) is 5.78. The van der Waals surface area contributed by atoms with E-state index in [-0.39, 0.29) is 6.10 Å². The lowest BCUT2D eigenvalue weighted by Crippen LogP contribution is -2.52. The molecule has 0 aromatic rings. The third kappa shape index (κ3) is 10.1. The maximum Gasteiger partial charge on any atom is 0.414 e. The number of cyclic esters (lactones) is 1. The summed E-state index contributed by atoms with van der Waals surface area (Å²) in [6.45, 7) is 8.63. The number of rotatable bonds is 11. The van der Waals surface area contributed by atoms with Crippen molar-refractivity contribution in [3.63, 3.8) is 0 Å². The lowest BCUT2D eigenvalue weighted by Gasteiger charge is -2.35. The Morgan fingerprint density at radius 2 is 2.00 bits per heavy atom. The van der Waals surface area contributed by atoms with Crippen molar-refractivity contribution in [3.8, 4) is 0 Å². The van der Waals surface area contributed by atoms with Gasteiger partial charge in [0, 0.05) is 18.8 Å². The highest BCUT2D eigenvalue weighted by atomic mass is 19.1. The van der Waals surface area contributed by atoms with Gasteiger partial charge in [0.15, 0.2) is 0 Å². The molecule has 1 atom stereocenters. The van der Waals surface area contributed by atoms with Crippen molar-refractivity contribution >= 4 is 18.8 Å². The van der Waals surface area contributed by atoms with Crippen molar-refractivity contribution in [2.45, 2.75) is 45.9 Å². The minimum Gasteiger partial charge on any atom is -0.443 e. The molecular weight excluding hydrogens is 463 g/mol. The van der Waals surface area contributed by atoms with Crippen LogP contribution in [0.25, 0.3) is 0 Å². The van der Waals surface area contributed by atoms with E-state index in [1.54, 1.807) is 19.2 Å². The zero-order chi connectivity index (χ0) is 27.1. The average Bonchev–Trinajstić information content (AvgIpc) is 3.02. The normalized spacial score (nSPS) is 18.8. The number of allylic oxidation sites excluding steroid dienone is 9. The maximum atomic E-state index is 14.9. The van der Waals surface area contributed by atoms with Crippen LogP contribution in [0.3, 0.4) is 0 Å². The van der Waals surface area contributed by atoms with Gasteiger partial charge in [-0.1, -0.05) is 30.4 Å². The van der Waals surface area contributed by atoms with Gasteiger partial charge in [-0.05, 0) is 77.6 Å². The quantitative estimate of drug-likeness (QED) is 0.254. The van der Waals surface area contributed by atoms with Crippen molar-refractivity contribution < 1.29 is 23.5 Å². The highest BCUT2D eigenvalue weighted by molar-refractivity contribution is 5.73. The number of carbonyl (C=O) groups is 3. The van der Waals surface area contributed by atoms with Crippen LogP contribution in [-0.4, -0.2) is 74.1 Å². The number of carbonyl (C=O) groups excluding carboxylic acids is 3. The van der Waals surface area contributed by atoms with Crippen molar-refractivity contribution in [2.24, 2.45) is 0 Å². The second-order valence-electron chi connectivity index (χ2n) is 8.78. The molecule has 8 nitrogen and oxygen atoms in total. The smallest absolute Gasteiger partial charge is 0.414 e. The summed E-state index contributed by atoms with van der Waals surface area (Å²) in [5.74, 6) is -0.446. The van der Waals surface area contributed by atoms with E-state index in [1.807, 2.05) is 57.0 Å². The fourth-order valence-electron chi connectivity index (χ4n) is 3.44. The Kier molecular flexibility index (Phi) is 13.4. The van der Waals surface area contributed by atoms with Crippen LogP contribution in [0, 0.1) is 0 Å². The summed E-state index contributed by atoms with van der Waals surface area (Å²) in [5.41, 5.74) is 1.81. The van der Waals surface area contributed by atoms with Crippen LogP contribution < -0.4 is 10.6 Å². The van der Waals surface area contributed by atoms with E-state index in [2.05, 4.69) is 10.6 Å². The summed E-state index contributed by atoms with van der Waals surface area (Å²) >= 11 is 0. The number of amides is 2. The highest BCUT2D eigenvalue weighted by Crippen LogP contribution is 2.22. The predicted octanol–water partition coefficient (Wildman–Crippen LogP) is 3.77. The second kappa shape index (κ2) is 15.6. The third-order valence-electron chi connectivity index (χ3n) is 5.55. The van der Waals surface area contributed by atoms with Gasteiger partial charge in [-0.25, -0.2) is 9.18 Å². The molecule has 2 rings (SSSR count). The van der Waals surface area contributed by atoms with E-state index in [9.17, 15) is 14.0 Å². The van der Waals surface area contributed by atoms with Crippen molar-refractivity contribution in [1.29, 1.82) is 0 Å². The Morgan fingerprint density at radius 1 is 1.31 bits per heavy atom. The molecule has 1 aliphatic carbocycles. The van der Waals surface area contributed by atoms with Crippen molar-refractivity contribution in [3.05, 3.63) is 71.3 Å². The van der Waals surface area contributed by atoms with Crippen LogP contribution in [0.2, 0.25) is 0 Å². The molecule has 0 radical (unpaired) electrons. The molecule has 0 aromatic heterocycles. The Balaban J connectivity index is 0.00000205. The molecule has 0 bridgehead atoms. The van der Waals surface area contributed by atoms with Crippen LogP contribution >= 0.6 is 0 Å². The Morgan fingerprint density at radius 3 is 2.61 bits per heavy atom. The van der Waals surface area contributed by atoms with Crippen LogP contribution in [0.5, 0.6) is 0 Å². The zero-order valence-electron chi connectivity index (χ0n) is 22.1. The molecule has 1 fully saturated rings. The number of likely N-dealkylation sites (N-methyl/N-ethyl adjacent to an activating group) is 2. The number of nitrogens with zero attached hydrogens (tertiary/aromatic N) is 2. The second-order valence-corrected chi connectivity index (χ2v) is 8.78. The molecule has 198 valence electrons. The molecular formula is C27H39FN4O4. The van der Waals surface area contributed by atoms with Gasteiger partial charge in [-0.3, -0.25) is 14.6 Å². The number of hydrogen-bond donors (Lipinski definition) is 2. The maximum absolute atomic E-state index is 14.9. The molecule has 1 unspecified atom stereocenters. The fourth-order valence-corrected chi connectivity index (χ4v) is 3.44. The number of hydrogen-bond acceptors (Lipinski definition) is 6. The van der Waals surface area contributed by atoms with Crippen LogP contribution in [0.15, 0.2) is 71.3 Å². The van der Waals surface area contributed by atoms with Gasteiger partial charge in [-0.2, -0.15) is 0 Å². The largest absolute Gasteiger partial charge is 0.443 e. The van der Waals surface area contributed by atoms with E-state index in [4.69, 9.17) is 9.53 Å². The molecule has 36 heavy (non-hydrogen) atoms. The summed E-state index contributed by atoms with van der Waals surface area (Å²) < 4.78 is 20.2. The monoisotopic (exact) mass is 502 g/mol. The van der Waals surface area contributed by atoms with Crippen LogP contribution in [-0.2, 0) is 14.3 Å². The van der Waals surface area contributed by atoms with E-state index in [0.29, 0.717) is 38.2 Å². The van der Waals surface area contributed by atoms with Gasteiger partial charge >= 0.3 is 6.09 Å². The number of halogens is 1. The van der Waals surface area contributed by atoms with E-state index in [1.165, 1.54) is 24.0 Å². The van der Waals surface area contributed by atoms with E-state index < -0.39 is 17.6 Å². The van der Waals surface area contributed by atoms with E-state index >= 15 is 0 Å².